The van der Waals surface area contributed by atoms with Gasteiger partial charge >= 0.3 is 12.1 Å². The quantitative estimate of drug-likeness (QED) is 0.346. The molecule has 1 fully saturated rings. The smallest absolute Gasteiger partial charge is 0.410 e. The number of carbonyl (C=O) groups is 2. The molecule has 0 atom stereocenters. The molecular formula is C31H35ClN4O6. The zero-order chi connectivity index (χ0) is 30.1. The fourth-order valence-electron chi connectivity index (χ4n) is 5.36. The molecule has 1 amide bonds. The van der Waals surface area contributed by atoms with Crippen molar-refractivity contribution in [3.05, 3.63) is 69.2 Å². The molecule has 10 nitrogen and oxygen atoms in total. The lowest BCUT2D eigenvalue weighted by molar-refractivity contribution is -0.137. The average molecular weight is 595 g/mol. The van der Waals surface area contributed by atoms with Crippen molar-refractivity contribution in [3.8, 4) is 5.69 Å². The number of aryl methyl sites for hydroxylation is 1. The van der Waals surface area contributed by atoms with Crippen LogP contribution in [0.1, 0.15) is 70.7 Å². The van der Waals surface area contributed by atoms with E-state index in [1.807, 2.05) is 32.9 Å². The average Bonchev–Trinajstić information content (AvgIpc) is 3.34. The minimum Gasteiger partial charge on any atom is -0.481 e. The summed E-state index contributed by atoms with van der Waals surface area (Å²) in [7, 11) is 0. The van der Waals surface area contributed by atoms with E-state index in [-0.39, 0.29) is 18.1 Å². The van der Waals surface area contributed by atoms with E-state index in [4.69, 9.17) is 31.3 Å². The van der Waals surface area contributed by atoms with Crippen LogP contribution in [0.25, 0.3) is 16.6 Å². The molecule has 0 radical (unpaired) electrons. The van der Waals surface area contributed by atoms with E-state index in [0.29, 0.717) is 79.1 Å². The number of oxime groups is 1. The van der Waals surface area contributed by atoms with Gasteiger partial charge in [0.25, 0.3) is 5.56 Å². The first-order chi connectivity index (χ1) is 19.9. The summed E-state index contributed by atoms with van der Waals surface area (Å²) < 4.78 is 7.09. The number of likely N-dealkylation sites (tertiary alicyclic amines) is 1. The van der Waals surface area contributed by atoms with E-state index in [1.54, 1.807) is 39.8 Å². The van der Waals surface area contributed by atoms with E-state index < -0.39 is 17.2 Å². The van der Waals surface area contributed by atoms with Gasteiger partial charge in [0.05, 0.1) is 22.3 Å². The second-order valence-electron chi connectivity index (χ2n) is 11.9. The van der Waals surface area contributed by atoms with Gasteiger partial charge in [0, 0.05) is 55.8 Å². The number of hydrogen-bond donors (Lipinski definition) is 1. The van der Waals surface area contributed by atoms with Gasteiger partial charge in [-0.3, -0.25) is 14.2 Å². The summed E-state index contributed by atoms with van der Waals surface area (Å²) in [5.41, 5.74) is 1.54. The van der Waals surface area contributed by atoms with Crippen LogP contribution in [0.4, 0.5) is 4.79 Å². The summed E-state index contributed by atoms with van der Waals surface area (Å²) in [5, 5.41) is 14.5. The molecule has 2 aromatic carbocycles. The van der Waals surface area contributed by atoms with Crippen LogP contribution in [0.5, 0.6) is 0 Å². The first-order valence-electron chi connectivity index (χ1n) is 14.2. The maximum Gasteiger partial charge on any atom is 0.410 e. The number of amides is 1. The topological polar surface area (TPSA) is 123 Å². The lowest BCUT2D eigenvalue weighted by Gasteiger charge is -2.37. The molecule has 0 saturated carbocycles. The second-order valence-corrected chi connectivity index (χ2v) is 12.4. The Labute approximate surface area is 248 Å². The fraction of sp³-hybridized carbons (Fsp3) is 0.452. The van der Waals surface area contributed by atoms with Crippen molar-refractivity contribution in [2.24, 2.45) is 5.16 Å². The zero-order valence-corrected chi connectivity index (χ0v) is 24.8. The molecule has 1 spiro atoms. The normalized spacial score (nSPS) is 16.4. The maximum absolute atomic E-state index is 13.7. The number of piperidine rings is 1. The van der Waals surface area contributed by atoms with Crippen molar-refractivity contribution >= 4 is 40.3 Å². The summed E-state index contributed by atoms with van der Waals surface area (Å²) in [6.07, 6.45) is 3.08. The van der Waals surface area contributed by atoms with Crippen molar-refractivity contribution in [2.75, 3.05) is 13.1 Å². The lowest BCUT2D eigenvalue weighted by atomic mass is 9.85. The van der Waals surface area contributed by atoms with Crippen LogP contribution in [0.2, 0.25) is 5.02 Å². The van der Waals surface area contributed by atoms with Crippen LogP contribution in [0.15, 0.2) is 52.4 Å². The first kappa shape index (κ1) is 29.6. The number of carboxylic acids is 1. The second kappa shape index (κ2) is 11.8. The summed E-state index contributed by atoms with van der Waals surface area (Å²) in [6, 6.07) is 12.5. The van der Waals surface area contributed by atoms with Crippen LogP contribution >= 0.6 is 11.6 Å². The van der Waals surface area contributed by atoms with Gasteiger partial charge in [-0.25, -0.2) is 9.78 Å². The number of aliphatic carboxylic acids is 1. The van der Waals surface area contributed by atoms with Gasteiger partial charge in [-0.1, -0.05) is 22.8 Å². The van der Waals surface area contributed by atoms with E-state index in [2.05, 4.69) is 5.16 Å². The minimum absolute atomic E-state index is 0.0556. The van der Waals surface area contributed by atoms with Crippen molar-refractivity contribution in [1.29, 1.82) is 0 Å². The third-order valence-electron chi connectivity index (χ3n) is 7.56. The molecule has 42 heavy (non-hydrogen) atoms. The molecule has 1 saturated heterocycles. The summed E-state index contributed by atoms with van der Waals surface area (Å²) in [4.78, 5) is 49.8. The third-order valence-corrected chi connectivity index (χ3v) is 7.82. The number of unbranched alkanes of at least 4 members (excludes halogenated alkanes) is 1. The summed E-state index contributed by atoms with van der Waals surface area (Å²) in [5.74, 6) is -0.304. The standard InChI is InChI=1S/C31H35ClN4O6/c1-30(2,3)41-29(40)35-16-14-31(15-17-35)19-25(34-42-31)20-8-13-23-24(18-20)33-26(6-4-5-7-27(37)38)36(28(23)39)22-11-9-21(32)10-12-22/h8-13,18H,4-7,14-17,19H2,1-3H3,(H,37,38). The number of halogens is 1. The molecule has 3 heterocycles. The number of aromatic nitrogens is 2. The maximum atomic E-state index is 13.7. The number of carboxylic acid groups (broad SMARTS) is 1. The fourth-order valence-corrected chi connectivity index (χ4v) is 5.49. The Morgan fingerprint density at radius 3 is 2.48 bits per heavy atom. The van der Waals surface area contributed by atoms with Crippen molar-refractivity contribution in [2.45, 2.75) is 76.9 Å². The molecule has 1 N–H and O–H groups in total. The number of fused-ring (bicyclic) bond motifs is 1. The lowest BCUT2D eigenvalue weighted by Crippen LogP contribution is -2.48. The van der Waals surface area contributed by atoms with Crippen LogP contribution in [-0.4, -0.2) is 61.6 Å². The Balaban J connectivity index is 1.37. The molecule has 0 unspecified atom stereocenters. The molecule has 0 bridgehead atoms. The highest BCUT2D eigenvalue weighted by atomic mass is 35.5. The highest BCUT2D eigenvalue weighted by Crippen LogP contribution is 2.37. The Morgan fingerprint density at radius 1 is 1.10 bits per heavy atom. The number of rotatable bonds is 7. The molecule has 0 aliphatic carbocycles. The van der Waals surface area contributed by atoms with Gasteiger partial charge in [0.2, 0.25) is 0 Å². The van der Waals surface area contributed by atoms with Gasteiger partial charge in [-0.15, -0.1) is 0 Å². The van der Waals surface area contributed by atoms with Gasteiger partial charge in [0.1, 0.15) is 17.0 Å². The Hall–Kier alpha value is -3.92. The van der Waals surface area contributed by atoms with Gasteiger partial charge < -0.3 is 19.6 Å². The van der Waals surface area contributed by atoms with Gasteiger partial charge in [0.15, 0.2) is 0 Å². The van der Waals surface area contributed by atoms with Crippen LogP contribution < -0.4 is 5.56 Å². The van der Waals surface area contributed by atoms with Gasteiger partial charge in [-0.05, 0) is 70.0 Å². The molecule has 2 aliphatic heterocycles. The number of ether oxygens (including phenoxy) is 1. The monoisotopic (exact) mass is 594 g/mol. The van der Waals surface area contributed by atoms with Crippen molar-refractivity contribution in [3.63, 3.8) is 0 Å². The third kappa shape index (κ3) is 6.59. The van der Waals surface area contributed by atoms with E-state index in [1.165, 1.54) is 0 Å². The highest BCUT2D eigenvalue weighted by Gasteiger charge is 2.43. The number of nitrogens with zero attached hydrogens (tertiary/aromatic N) is 4. The molecular weight excluding hydrogens is 560 g/mol. The molecule has 1 aromatic heterocycles. The van der Waals surface area contributed by atoms with E-state index in [0.717, 1.165) is 11.3 Å². The molecule has 11 heteroatoms. The Kier molecular flexibility index (Phi) is 8.28. The Bertz CT molecular complexity index is 1580. The van der Waals surface area contributed by atoms with Crippen LogP contribution in [-0.2, 0) is 20.8 Å². The number of carbonyl (C=O) groups excluding carboxylic acids is 1. The van der Waals surface area contributed by atoms with Gasteiger partial charge in [-0.2, -0.15) is 0 Å². The first-order valence-corrected chi connectivity index (χ1v) is 14.6. The Morgan fingerprint density at radius 2 is 1.81 bits per heavy atom. The predicted molar refractivity (Wildman–Crippen MR) is 160 cm³/mol. The zero-order valence-electron chi connectivity index (χ0n) is 24.1. The highest BCUT2D eigenvalue weighted by molar-refractivity contribution is 6.30. The largest absolute Gasteiger partial charge is 0.481 e. The number of hydrogen-bond acceptors (Lipinski definition) is 7. The van der Waals surface area contributed by atoms with Crippen LogP contribution in [0, 0.1) is 0 Å². The summed E-state index contributed by atoms with van der Waals surface area (Å²) >= 11 is 6.08. The summed E-state index contributed by atoms with van der Waals surface area (Å²) in [6.45, 7) is 6.60. The molecule has 5 rings (SSSR count). The molecule has 3 aromatic rings. The molecule has 222 valence electrons. The van der Waals surface area contributed by atoms with Crippen molar-refractivity contribution in [1.82, 2.24) is 14.5 Å². The van der Waals surface area contributed by atoms with Crippen LogP contribution in [0.3, 0.4) is 0 Å². The molecule has 2 aliphatic rings. The number of benzene rings is 2. The predicted octanol–water partition coefficient (Wildman–Crippen LogP) is 5.73. The van der Waals surface area contributed by atoms with Crippen molar-refractivity contribution < 1.29 is 24.3 Å². The van der Waals surface area contributed by atoms with E-state index in [9.17, 15) is 14.4 Å². The minimum atomic E-state index is -0.853. The SMILES string of the molecule is CC(C)(C)OC(=O)N1CCC2(CC1)CC(c1ccc3c(=O)n(-c4ccc(Cl)cc4)c(CCCCC(=O)O)nc3c1)=NO2. The van der Waals surface area contributed by atoms with E-state index >= 15 is 0 Å².